The first-order valence-corrected chi connectivity index (χ1v) is 8.86. The summed E-state index contributed by atoms with van der Waals surface area (Å²) in [6.07, 6.45) is 0.380. The van der Waals surface area contributed by atoms with Gasteiger partial charge in [-0.05, 0) is 27.7 Å². The van der Waals surface area contributed by atoms with E-state index in [1.165, 1.54) is 0 Å². The van der Waals surface area contributed by atoms with Crippen LogP contribution in [-0.2, 0) is 28.6 Å². The van der Waals surface area contributed by atoms with Gasteiger partial charge in [-0.3, -0.25) is 4.79 Å². The Hall–Kier alpha value is -2.21. The van der Waals surface area contributed by atoms with Gasteiger partial charge in [0.25, 0.3) is 0 Å². The lowest BCUT2D eigenvalue weighted by Gasteiger charge is -2.29. The van der Waals surface area contributed by atoms with E-state index in [2.05, 4.69) is 6.58 Å². The Balaban J connectivity index is 1.77. The molecule has 4 rings (SSSR count). The van der Waals surface area contributed by atoms with Crippen LogP contribution in [0.2, 0.25) is 0 Å². The van der Waals surface area contributed by atoms with E-state index in [0.717, 1.165) is 5.57 Å². The topological polar surface area (TPSA) is 82.2 Å². The van der Waals surface area contributed by atoms with Gasteiger partial charge in [0.1, 0.15) is 17.8 Å². The first kappa shape index (κ1) is 17.2. The summed E-state index contributed by atoms with van der Waals surface area (Å²) in [6.45, 7) is 11.1. The molecule has 2 aliphatic carbocycles. The first-order valence-electron chi connectivity index (χ1n) is 8.86. The van der Waals surface area contributed by atoms with Crippen molar-refractivity contribution in [2.24, 2.45) is 11.8 Å². The van der Waals surface area contributed by atoms with Gasteiger partial charge < -0.3 is 14.2 Å². The normalized spacial score (nSPS) is 41.3. The standard InChI is InChI=1S/C20H22O6/c1-6-8(2)18(22)24-11-7-9(3)12-14(20(5)17(26-20)15(12)21)16-13(11)10(4)19(23)25-16/h6,11,13-14,16-17H,4,7H2,1-3,5H3. The summed E-state index contributed by atoms with van der Waals surface area (Å²) in [7, 11) is 0. The van der Waals surface area contributed by atoms with Crippen molar-refractivity contribution in [2.45, 2.75) is 58.0 Å². The number of carbonyl (C=O) groups is 3. The first-order chi connectivity index (χ1) is 12.2. The second-order valence-electron chi connectivity index (χ2n) is 7.76. The van der Waals surface area contributed by atoms with Gasteiger partial charge in [-0.25, -0.2) is 9.59 Å². The maximum absolute atomic E-state index is 12.7. The molecule has 0 radical (unpaired) electrons. The Kier molecular flexibility index (Phi) is 3.57. The molecule has 26 heavy (non-hydrogen) atoms. The van der Waals surface area contributed by atoms with E-state index < -0.39 is 41.8 Å². The molecule has 0 bridgehead atoms. The zero-order chi connectivity index (χ0) is 19.0. The van der Waals surface area contributed by atoms with Crippen LogP contribution in [0.25, 0.3) is 0 Å². The van der Waals surface area contributed by atoms with Crippen LogP contribution in [0.1, 0.15) is 34.1 Å². The SMILES string of the molecule is C=C1C(=O)OC2C1C(OC(=O)C(C)=CC)CC(C)=C1C(=O)C3OC3(C)C12. The van der Waals surface area contributed by atoms with Crippen molar-refractivity contribution in [1.82, 2.24) is 0 Å². The maximum atomic E-state index is 12.7. The van der Waals surface area contributed by atoms with Crippen molar-refractivity contribution >= 4 is 17.7 Å². The summed E-state index contributed by atoms with van der Waals surface area (Å²) in [6, 6.07) is 0. The van der Waals surface area contributed by atoms with E-state index in [-0.39, 0.29) is 11.7 Å². The number of allylic oxidation sites excluding steroid dienone is 1. The number of ketones is 1. The molecule has 6 nitrogen and oxygen atoms in total. The van der Waals surface area contributed by atoms with E-state index in [4.69, 9.17) is 14.2 Å². The Morgan fingerprint density at radius 3 is 2.73 bits per heavy atom. The summed E-state index contributed by atoms with van der Waals surface area (Å²) in [5.74, 6) is -1.81. The van der Waals surface area contributed by atoms with Gasteiger partial charge in [-0.15, -0.1) is 0 Å². The Morgan fingerprint density at radius 1 is 1.38 bits per heavy atom. The van der Waals surface area contributed by atoms with E-state index in [1.807, 2.05) is 13.8 Å². The fraction of sp³-hybridized carbons (Fsp3) is 0.550. The highest BCUT2D eigenvalue weighted by Gasteiger charge is 2.74. The molecule has 2 heterocycles. The molecular weight excluding hydrogens is 336 g/mol. The molecule has 6 unspecified atom stereocenters. The van der Waals surface area contributed by atoms with Gasteiger partial charge in [0.05, 0.1) is 11.8 Å². The largest absolute Gasteiger partial charge is 0.458 e. The average molecular weight is 358 g/mol. The summed E-state index contributed by atoms with van der Waals surface area (Å²) < 4.78 is 17.0. The predicted molar refractivity (Wildman–Crippen MR) is 90.9 cm³/mol. The Bertz CT molecular complexity index is 818. The molecule has 0 aromatic heterocycles. The minimum atomic E-state index is -0.653. The molecule has 2 saturated heterocycles. The van der Waals surface area contributed by atoms with Gasteiger partial charge in [0, 0.05) is 23.1 Å². The van der Waals surface area contributed by atoms with Crippen molar-refractivity contribution in [1.29, 1.82) is 0 Å². The highest BCUT2D eigenvalue weighted by Crippen LogP contribution is 2.60. The zero-order valence-corrected chi connectivity index (χ0v) is 15.3. The van der Waals surface area contributed by atoms with Crippen molar-refractivity contribution < 1.29 is 28.6 Å². The Labute approximate surface area is 151 Å². The van der Waals surface area contributed by atoms with Gasteiger partial charge >= 0.3 is 11.9 Å². The van der Waals surface area contributed by atoms with Crippen LogP contribution in [0, 0.1) is 11.8 Å². The second kappa shape index (κ2) is 5.39. The van der Waals surface area contributed by atoms with E-state index in [1.54, 1.807) is 19.9 Å². The fourth-order valence-corrected chi connectivity index (χ4v) is 4.64. The molecule has 1 saturated carbocycles. The summed E-state index contributed by atoms with van der Waals surface area (Å²) in [5, 5.41) is 0. The van der Waals surface area contributed by atoms with Crippen molar-refractivity contribution in [3.8, 4) is 0 Å². The molecular formula is C20H22O6. The van der Waals surface area contributed by atoms with Crippen molar-refractivity contribution in [2.75, 3.05) is 0 Å². The monoisotopic (exact) mass is 358 g/mol. The zero-order valence-electron chi connectivity index (χ0n) is 15.3. The number of Topliss-reactive ketones (excluding diaryl/α,β-unsaturated/α-hetero) is 1. The summed E-state index contributed by atoms with van der Waals surface area (Å²) >= 11 is 0. The molecule has 138 valence electrons. The molecule has 0 aromatic carbocycles. The highest BCUT2D eigenvalue weighted by molar-refractivity contribution is 6.07. The third-order valence-corrected chi connectivity index (χ3v) is 6.24. The van der Waals surface area contributed by atoms with Crippen LogP contribution in [0.3, 0.4) is 0 Å². The molecule has 6 heteroatoms. The van der Waals surface area contributed by atoms with Gasteiger partial charge in [-0.1, -0.05) is 18.2 Å². The molecule has 0 N–H and O–H groups in total. The van der Waals surface area contributed by atoms with Gasteiger partial charge in [0.15, 0.2) is 11.9 Å². The van der Waals surface area contributed by atoms with Crippen LogP contribution in [0.4, 0.5) is 0 Å². The molecule has 0 aromatic rings. The number of rotatable bonds is 2. The Morgan fingerprint density at radius 2 is 2.08 bits per heavy atom. The molecule has 3 fully saturated rings. The van der Waals surface area contributed by atoms with Crippen molar-refractivity contribution in [3.05, 3.63) is 34.9 Å². The van der Waals surface area contributed by atoms with Crippen LogP contribution >= 0.6 is 0 Å². The lowest BCUT2D eigenvalue weighted by atomic mass is 9.80. The third-order valence-electron chi connectivity index (χ3n) is 6.24. The van der Waals surface area contributed by atoms with Gasteiger partial charge in [-0.2, -0.15) is 0 Å². The molecule has 2 aliphatic heterocycles. The van der Waals surface area contributed by atoms with Crippen LogP contribution in [0.5, 0.6) is 0 Å². The number of epoxide rings is 1. The quantitative estimate of drug-likeness (QED) is 0.427. The molecule has 4 aliphatic rings. The van der Waals surface area contributed by atoms with Crippen LogP contribution in [-0.4, -0.2) is 41.6 Å². The highest BCUT2D eigenvalue weighted by atomic mass is 16.6. The van der Waals surface area contributed by atoms with Crippen LogP contribution < -0.4 is 0 Å². The molecule has 6 atom stereocenters. The van der Waals surface area contributed by atoms with Crippen LogP contribution in [0.15, 0.2) is 34.9 Å². The number of esters is 2. The number of ether oxygens (including phenoxy) is 3. The fourth-order valence-electron chi connectivity index (χ4n) is 4.64. The minimum absolute atomic E-state index is 0.0427. The summed E-state index contributed by atoms with van der Waals surface area (Å²) in [5.41, 5.74) is 1.66. The number of fused-ring (bicyclic) bond motifs is 5. The third kappa shape index (κ3) is 2.11. The lowest BCUT2D eigenvalue weighted by Crippen LogP contribution is -2.40. The lowest BCUT2D eigenvalue weighted by molar-refractivity contribution is -0.149. The summed E-state index contributed by atoms with van der Waals surface area (Å²) in [4.78, 5) is 37.3. The number of hydrogen-bond acceptors (Lipinski definition) is 6. The van der Waals surface area contributed by atoms with Gasteiger partial charge in [0.2, 0.25) is 0 Å². The number of carbonyl (C=O) groups excluding carboxylic acids is 3. The smallest absolute Gasteiger partial charge is 0.334 e. The minimum Gasteiger partial charge on any atom is -0.458 e. The number of hydrogen-bond donors (Lipinski definition) is 0. The molecule has 0 spiro atoms. The van der Waals surface area contributed by atoms with E-state index >= 15 is 0 Å². The van der Waals surface area contributed by atoms with E-state index in [9.17, 15) is 14.4 Å². The maximum Gasteiger partial charge on any atom is 0.334 e. The molecule has 0 amide bonds. The van der Waals surface area contributed by atoms with E-state index in [0.29, 0.717) is 23.1 Å². The second-order valence-corrected chi connectivity index (χ2v) is 7.76. The van der Waals surface area contributed by atoms with Crippen molar-refractivity contribution in [3.63, 3.8) is 0 Å². The average Bonchev–Trinajstić information content (AvgIpc) is 3.15. The predicted octanol–water partition coefficient (Wildman–Crippen LogP) is 2.04.